The van der Waals surface area contributed by atoms with Gasteiger partial charge < -0.3 is 26.4 Å². The summed E-state index contributed by atoms with van der Waals surface area (Å²) in [6.07, 6.45) is 2.04. The molecule has 184 valence electrons. The number of nitrogens with two attached hydrogens (primary N) is 1. The highest BCUT2D eigenvalue weighted by Gasteiger charge is 2.23. The average Bonchev–Trinajstić information content (AvgIpc) is 3.27. The molecule has 4 aromatic rings. The van der Waals surface area contributed by atoms with Gasteiger partial charge in [0.1, 0.15) is 29.1 Å². The van der Waals surface area contributed by atoms with Crippen LogP contribution in [0.15, 0.2) is 42.7 Å². The minimum Gasteiger partial charge on any atom is -0.473 e. The topological polar surface area (TPSA) is 149 Å². The number of nitrogens with zero attached hydrogens (tertiary/aromatic N) is 4. The van der Waals surface area contributed by atoms with Crippen LogP contribution in [-0.4, -0.2) is 44.0 Å². The number of anilines is 3. The molecule has 2 bridgehead atoms. The van der Waals surface area contributed by atoms with Crippen molar-refractivity contribution in [1.82, 2.24) is 24.9 Å². The van der Waals surface area contributed by atoms with E-state index in [-0.39, 0.29) is 41.9 Å². The van der Waals surface area contributed by atoms with Crippen molar-refractivity contribution < 1.29 is 18.7 Å². The summed E-state index contributed by atoms with van der Waals surface area (Å²) in [5, 5.41) is 13.0. The Labute approximate surface area is 204 Å². The Kier molecular flexibility index (Phi) is 5.84. The fourth-order valence-electron chi connectivity index (χ4n) is 3.96. The monoisotopic (exact) mass is 490 g/mol. The van der Waals surface area contributed by atoms with Crippen LogP contribution in [0.5, 0.6) is 5.88 Å². The number of nitrogen functional groups attached to an aromatic ring is 1. The van der Waals surface area contributed by atoms with Gasteiger partial charge in [0.15, 0.2) is 5.65 Å². The van der Waals surface area contributed by atoms with Gasteiger partial charge in [-0.2, -0.15) is 9.61 Å². The first-order chi connectivity index (χ1) is 17.3. The molecular formula is C24H23FN8O3. The Morgan fingerprint density at radius 1 is 1.25 bits per heavy atom. The molecule has 36 heavy (non-hydrogen) atoms. The molecule has 0 radical (unpaired) electrons. The third-order valence-electron chi connectivity index (χ3n) is 5.62. The van der Waals surface area contributed by atoms with Gasteiger partial charge in [-0.25, -0.2) is 14.4 Å². The zero-order chi connectivity index (χ0) is 25.4. The van der Waals surface area contributed by atoms with Crippen molar-refractivity contribution in [3.05, 3.63) is 59.7 Å². The third kappa shape index (κ3) is 4.35. The van der Waals surface area contributed by atoms with Gasteiger partial charge >= 0.3 is 0 Å². The van der Waals surface area contributed by atoms with Crippen LogP contribution in [-0.2, 0) is 11.3 Å². The summed E-state index contributed by atoms with van der Waals surface area (Å²) >= 11 is 0. The first-order valence-electron chi connectivity index (χ1n) is 11.2. The SMILES string of the molecule is CC(=O)Nc1ccc(-c2c3nc4c(cnn4c2N)C(=O)NCC(C)Oc2ncc(F)cc2CN3)cc1. The van der Waals surface area contributed by atoms with Crippen molar-refractivity contribution in [3.8, 4) is 17.0 Å². The second-order valence-corrected chi connectivity index (χ2v) is 8.38. The summed E-state index contributed by atoms with van der Waals surface area (Å²) in [6, 6.07) is 8.35. The fraction of sp³-hybridized carbons (Fsp3) is 0.208. The molecule has 0 fully saturated rings. The van der Waals surface area contributed by atoms with Crippen LogP contribution >= 0.6 is 0 Å². The lowest BCUT2D eigenvalue weighted by atomic mass is 10.1. The maximum absolute atomic E-state index is 14.0. The lowest BCUT2D eigenvalue weighted by molar-refractivity contribution is -0.114. The number of pyridine rings is 1. The number of aromatic nitrogens is 4. The number of rotatable bonds is 2. The van der Waals surface area contributed by atoms with E-state index in [0.717, 1.165) is 6.20 Å². The van der Waals surface area contributed by atoms with E-state index >= 15 is 0 Å². The Balaban J connectivity index is 1.66. The van der Waals surface area contributed by atoms with Gasteiger partial charge in [-0.1, -0.05) is 12.1 Å². The third-order valence-corrected chi connectivity index (χ3v) is 5.62. The van der Waals surface area contributed by atoms with Crippen LogP contribution in [0.2, 0.25) is 0 Å². The molecule has 11 nitrogen and oxygen atoms in total. The quantitative estimate of drug-likeness (QED) is 0.335. The number of carbonyl (C=O) groups excluding carboxylic acids is 2. The van der Waals surface area contributed by atoms with Crippen LogP contribution in [0.3, 0.4) is 0 Å². The van der Waals surface area contributed by atoms with E-state index in [1.807, 2.05) is 0 Å². The van der Waals surface area contributed by atoms with Crippen molar-refractivity contribution in [2.45, 2.75) is 26.5 Å². The number of hydrogen-bond donors (Lipinski definition) is 4. The maximum Gasteiger partial charge on any atom is 0.256 e. The van der Waals surface area contributed by atoms with Gasteiger partial charge in [0, 0.05) is 24.7 Å². The predicted octanol–water partition coefficient (Wildman–Crippen LogP) is 2.59. The number of fused-ring (bicyclic) bond motifs is 2. The van der Waals surface area contributed by atoms with Crippen molar-refractivity contribution in [2.75, 3.05) is 22.9 Å². The van der Waals surface area contributed by atoms with Gasteiger partial charge in [0.2, 0.25) is 11.8 Å². The van der Waals surface area contributed by atoms with E-state index in [1.54, 1.807) is 31.2 Å². The predicted molar refractivity (Wildman–Crippen MR) is 131 cm³/mol. The van der Waals surface area contributed by atoms with Gasteiger partial charge in [-0.05, 0) is 30.7 Å². The summed E-state index contributed by atoms with van der Waals surface area (Å²) < 4.78 is 21.3. The number of amides is 2. The van der Waals surface area contributed by atoms with Gasteiger partial charge in [-0.3, -0.25) is 9.59 Å². The molecule has 3 aromatic heterocycles. The molecule has 4 heterocycles. The number of halogens is 1. The number of ether oxygens (including phenoxy) is 1. The number of hydrogen-bond acceptors (Lipinski definition) is 8. The van der Waals surface area contributed by atoms with E-state index in [9.17, 15) is 14.0 Å². The minimum absolute atomic E-state index is 0.122. The van der Waals surface area contributed by atoms with Gasteiger partial charge in [0.25, 0.3) is 5.91 Å². The molecule has 2 amide bonds. The highest BCUT2D eigenvalue weighted by molar-refractivity contribution is 6.01. The molecule has 12 heteroatoms. The summed E-state index contributed by atoms with van der Waals surface area (Å²) in [5.41, 5.74) is 9.33. The van der Waals surface area contributed by atoms with E-state index in [4.69, 9.17) is 10.5 Å². The first kappa shape index (κ1) is 23.0. The van der Waals surface area contributed by atoms with E-state index in [2.05, 4.69) is 31.0 Å². The Morgan fingerprint density at radius 2 is 2.03 bits per heavy atom. The second kappa shape index (κ2) is 9.13. The molecule has 0 aliphatic carbocycles. The normalized spacial score (nSPS) is 15.5. The lowest BCUT2D eigenvalue weighted by Crippen LogP contribution is -2.33. The van der Waals surface area contributed by atoms with Crippen molar-refractivity contribution in [3.63, 3.8) is 0 Å². The van der Waals surface area contributed by atoms with Crippen LogP contribution in [0.1, 0.15) is 29.8 Å². The number of benzene rings is 1. The number of nitrogens with one attached hydrogen (secondary N) is 3. The van der Waals surface area contributed by atoms with Crippen molar-refractivity contribution in [1.29, 1.82) is 0 Å². The van der Waals surface area contributed by atoms with Crippen molar-refractivity contribution >= 4 is 34.8 Å². The lowest BCUT2D eigenvalue weighted by Gasteiger charge is -2.18. The van der Waals surface area contributed by atoms with E-state index in [0.29, 0.717) is 28.2 Å². The van der Waals surface area contributed by atoms with Crippen molar-refractivity contribution in [2.24, 2.45) is 0 Å². The molecule has 0 spiro atoms. The summed E-state index contributed by atoms with van der Waals surface area (Å²) in [5.74, 6) is -0.265. The highest BCUT2D eigenvalue weighted by atomic mass is 19.1. The largest absolute Gasteiger partial charge is 0.473 e. The summed E-state index contributed by atoms with van der Waals surface area (Å²) in [7, 11) is 0. The smallest absolute Gasteiger partial charge is 0.256 e. The molecule has 5 rings (SSSR count). The Bertz CT molecular complexity index is 1490. The van der Waals surface area contributed by atoms with E-state index < -0.39 is 17.8 Å². The van der Waals surface area contributed by atoms with E-state index in [1.165, 1.54) is 23.7 Å². The zero-order valence-corrected chi connectivity index (χ0v) is 19.5. The van der Waals surface area contributed by atoms with Gasteiger partial charge in [0.05, 0.1) is 24.5 Å². The minimum atomic E-state index is -0.515. The van der Waals surface area contributed by atoms with Gasteiger partial charge in [-0.15, -0.1) is 0 Å². The Morgan fingerprint density at radius 3 is 2.78 bits per heavy atom. The van der Waals surface area contributed by atoms with Crippen LogP contribution in [0, 0.1) is 5.82 Å². The molecule has 1 aliphatic rings. The molecular weight excluding hydrogens is 467 g/mol. The summed E-state index contributed by atoms with van der Waals surface area (Å²) in [4.78, 5) is 33.1. The van der Waals surface area contributed by atoms with Crippen LogP contribution in [0.25, 0.3) is 16.8 Å². The van der Waals surface area contributed by atoms with Crippen LogP contribution in [0.4, 0.5) is 21.7 Å². The second-order valence-electron chi connectivity index (χ2n) is 8.38. The highest BCUT2D eigenvalue weighted by Crippen LogP contribution is 2.35. The molecule has 0 saturated carbocycles. The molecule has 1 unspecified atom stereocenters. The Hall–Kier alpha value is -4.74. The summed E-state index contributed by atoms with van der Waals surface area (Å²) in [6.45, 7) is 3.50. The maximum atomic E-state index is 14.0. The standard InChI is InChI=1S/C24H23FN8O3/c1-12-8-28-23(35)18-11-30-33-20(26)19(14-3-5-17(6-4-14)31-13(2)34)21(32-22(18)33)27-9-15-7-16(25)10-29-24(15)36-12/h3-7,10-12H,8-9,26H2,1-2H3,(H,27,32)(H,28,35)(H,31,34). The molecule has 5 N–H and O–H groups in total. The molecule has 1 aliphatic heterocycles. The first-order valence-corrected chi connectivity index (χ1v) is 11.2. The molecule has 1 aromatic carbocycles. The fourth-order valence-corrected chi connectivity index (χ4v) is 3.96. The van der Waals surface area contributed by atoms with Crippen LogP contribution < -0.4 is 26.4 Å². The average molecular weight is 490 g/mol. The number of carbonyl (C=O) groups is 2. The molecule has 1 atom stereocenters. The molecule has 0 saturated heterocycles. The zero-order valence-electron chi connectivity index (χ0n) is 19.5.